The van der Waals surface area contributed by atoms with Crippen molar-refractivity contribution in [2.24, 2.45) is 5.92 Å². The second-order valence-corrected chi connectivity index (χ2v) is 9.93. The Morgan fingerprint density at radius 3 is 2.62 bits per heavy atom. The minimum atomic E-state index is -0.677. The molecule has 0 bridgehead atoms. The van der Waals surface area contributed by atoms with Gasteiger partial charge in [-0.1, -0.05) is 6.07 Å². The first-order chi connectivity index (χ1) is 18.9. The highest BCUT2D eigenvalue weighted by Gasteiger charge is 2.27. The van der Waals surface area contributed by atoms with Gasteiger partial charge in [-0.05, 0) is 87.6 Å². The molecule has 0 saturated carbocycles. The average molecular weight is 528 g/mol. The van der Waals surface area contributed by atoms with Gasteiger partial charge >= 0.3 is 0 Å². The molecule has 2 aromatic carbocycles. The van der Waals surface area contributed by atoms with Crippen LogP contribution in [0.3, 0.4) is 0 Å². The minimum Gasteiger partial charge on any atom is -0.480 e. The lowest BCUT2D eigenvalue weighted by Crippen LogP contribution is -2.45. The van der Waals surface area contributed by atoms with E-state index in [4.69, 9.17) is 9.47 Å². The molecule has 4 aromatic rings. The quantitative estimate of drug-likeness (QED) is 0.323. The summed E-state index contributed by atoms with van der Waals surface area (Å²) in [7, 11) is 0. The summed E-state index contributed by atoms with van der Waals surface area (Å²) in [5.74, 6) is 2.72. The van der Waals surface area contributed by atoms with E-state index in [2.05, 4.69) is 20.3 Å². The number of nitrogens with zero attached hydrogens (tertiary/aromatic N) is 4. The average Bonchev–Trinajstić information content (AvgIpc) is 2.95. The van der Waals surface area contributed by atoms with E-state index in [1.807, 2.05) is 67.3 Å². The van der Waals surface area contributed by atoms with E-state index in [9.17, 15) is 9.90 Å². The number of aliphatic hydroxyl groups is 1. The molecule has 5 rings (SSSR count). The Kier molecular flexibility index (Phi) is 7.88. The second-order valence-electron chi connectivity index (χ2n) is 9.93. The third kappa shape index (κ3) is 6.09. The Hall–Kier alpha value is -4.24. The number of benzene rings is 2. The Bertz CT molecular complexity index is 1450. The summed E-state index contributed by atoms with van der Waals surface area (Å²) < 4.78 is 12.2. The second kappa shape index (κ2) is 11.7. The molecular formula is C30H33N5O4. The van der Waals surface area contributed by atoms with Gasteiger partial charge in [0.05, 0.1) is 17.1 Å². The highest BCUT2D eigenvalue weighted by Crippen LogP contribution is 2.34. The number of aromatic nitrogens is 3. The number of aryl methyl sites for hydroxylation is 2. The molecule has 202 valence electrons. The molecule has 39 heavy (non-hydrogen) atoms. The van der Waals surface area contributed by atoms with E-state index in [0.29, 0.717) is 41.3 Å². The molecule has 0 radical (unpaired) electrons. The smallest absolute Gasteiger partial charge is 0.263 e. The minimum absolute atomic E-state index is 0.0651. The number of pyridine rings is 1. The van der Waals surface area contributed by atoms with Gasteiger partial charge in [0.1, 0.15) is 29.4 Å². The zero-order valence-electron chi connectivity index (χ0n) is 22.4. The van der Waals surface area contributed by atoms with E-state index >= 15 is 0 Å². The molecule has 1 fully saturated rings. The number of likely N-dealkylation sites (tertiary alicyclic amines) is 1. The van der Waals surface area contributed by atoms with Crippen molar-refractivity contribution in [2.75, 3.05) is 25.0 Å². The molecule has 3 heterocycles. The molecule has 1 aliphatic rings. The van der Waals surface area contributed by atoms with Gasteiger partial charge in [-0.2, -0.15) is 0 Å². The van der Waals surface area contributed by atoms with Crippen LogP contribution in [-0.4, -0.2) is 56.7 Å². The van der Waals surface area contributed by atoms with Crippen LogP contribution in [0.1, 0.15) is 31.0 Å². The number of anilines is 2. The normalized spacial score (nSPS) is 14.7. The van der Waals surface area contributed by atoms with E-state index in [-0.39, 0.29) is 18.4 Å². The van der Waals surface area contributed by atoms with Crippen molar-refractivity contribution in [3.63, 3.8) is 0 Å². The fourth-order valence-electron chi connectivity index (χ4n) is 4.73. The summed E-state index contributed by atoms with van der Waals surface area (Å²) in [4.78, 5) is 28.1. The van der Waals surface area contributed by atoms with E-state index in [1.165, 1.54) is 6.33 Å². The first kappa shape index (κ1) is 26.4. The van der Waals surface area contributed by atoms with Crippen molar-refractivity contribution in [3.05, 3.63) is 72.3 Å². The highest BCUT2D eigenvalue weighted by atomic mass is 16.5. The number of carbonyl (C=O) groups is 1. The van der Waals surface area contributed by atoms with Crippen LogP contribution < -0.4 is 14.8 Å². The standard InChI is InChI=1S/C30H33N5O4/c1-19-15-23(8-10-26(19)39-24-9-7-20(2)31-16-24)34-29-28-25(32-18-33-29)5-4-6-27(28)38-21(3)30(37)35-13-11-22(17-36)12-14-35/h4-10,15-16,18,21-22,36H,11-14,17H2,1-3H3,(H,32,33,34)/t21-/m1/s1. The molecule has 0 unspecified atom stereocenters. The molecular weight excluding hydrogens is 494 g/mol. The number of nitrogens with one attached hydrogen (secondary N) is 1. The van der Waals surface area contributed by atoms with Crippen LogP contribution in [0.25, 0.3) is 10.9 Å². The van der Waals surface area contributed by atoms with Crippen LogP contribution >= 0.6 is 0 Å². The molecule has 9 heteroatoms. The van der Waals surface area contributed by atoms with Gasteiger partial charge < -0.3 is 24.8 Å². The van der Waals surface area contributed by atoms with Crippen molar-refractivity contribution in [3.8, 4) is 17.2 Å². The fraction of sp³-hybridized carbons (Fsp3) is 0.333. The van der Waals surface area contributed by atoms with Crippen molar-refractivity contribution in [1.29, 1.82) is 0 Å². The van der Waals surface area contributed by atoms with Crippen molar-refractivity contribution >= 4 is 28.3 Å². The van der Waals surface area contributed by atoms with Crippen LogP contribution in [0.2, 0.25) is 0 Å². The van der Waals surface area contributed by atoms with Gasteiger partial charge in [0, 0.05) is 31.1 Å². The maximum Gasteiger partial charge on any atom is 0.263 e. The lowest BCUT2D eigenvalue weighted by atomic mass is 9.97. The van der Waals surface area contributed by atoms with Gasteiger partial charge in [-0.3, -0.25) is 9.78 Å². The first-order valence-electron chi connectivity index (χ1n) is 13.2. The first-order valence-corrected chi connectivity index (χ1v) is 13.2. The SMILES string of the molecule is Cc1ccc(Oc2ccc(Nc3ncnc4cccc(O[C@H](C)C(=O)N5CCC(CO)CC5)c34)cc2C)cn1. The molecule has 1 atom stereocenters. The molecule has 2 N–H and O–H groups in total. The number of hydrogen-bond acceptors (Lipinski definition) is 8. The summed E-state index contributed by atoms with van der Waals surface area (Å²) in [5, 5.41) is 13.5. The number of piperidine rings is 1. The summed E-state index contributed by atoms with van der Waals surface area (Å²) >= 11 is 0. The number of aliphatic hydroxyl groups excluding tert-OH is 1. The lowest BCUT2D eigenvalue weighted by molar-refractivity contribution is -0.139. The molecule has 1 aliphatic heterocycles. The third-order valence-corrected chi connectivity index (χ3v) is 7.01. The van der Waals surface area contributed by atoms with Gasteiger partial charge in [0.15, 0.2) is 6.10 Å². The predicted octanol–water partition coefficient (Wildman–Crippen LogP) is 5.18. The summed E-state index contributed by atoms with van der Waals surface area (Å²) in [5.41, 5.74) is 3.41. The Morgan fingerprint density at radius 1 is 1.08 bits per heavy atom. The van der Waals surface area contributed by atoms with Crippen LogP contribution in [0.4, 0.5) is 11.5 Å². The number of ether oxygens (including phenoxy) is 2. The van der Waals surface area contributed by atoms with E-state index < -0.39 is 6.10 Å². The Morgan fingerprint density at radius 2 is 1.90 bits per heavy atom. The van der Waals surface area contributed by atoms with E-state index in [1.54, 1.807) is 13.1 Å². The van der Waals surface area contributed by atoms with Gasteiger partial charge in [-0.15, -0.1) is 0 Å². The third-order valence-electron chi connectivity index (χ3n) is 7.01. The number of hydrogen-bond donors (Lipinski definition) is 2. The lowest BCUT2D eigenvalue weighted by Gasteiger charge is -2.32. The van der Waals surface area contributed by atoms with Crippen LogP contribution in [-0.2, 0) is 4.79 Å². The van der Waals surface area contributed by atoms with Crippen LogP contribution in [0.5, 0.6) is 17.2 Å². The number of rotatable bonds is 8. The summed E-state index contributed by atoms with van der Waals surface area (Å²) in [6.07, 6.45) is 4.14. The largest absolute Gasteiger partial charge is 0.480 e. The molecule has 0 spiro atoms. The molecule has 9 nitrogen and oxygen atoms in total. The number of amides is 1. The Balaban J connectivity index is 1.34. The predicted molar refractivity (Wildman–Crippen MR) is 150 cm³/mol. The molecule has 1 saturated heterocycles. The monoisotopic (exact) mass is 527 g/mol. The maximum absolute atomic E-state index is 13.1. The molecule has 0 aliphatic carbocycles. The van der Waals surface area contributed by atoms with E-state index in [0.717, 1.165) is 35.5 Å². The molecule has 1 amide bonds. The maximum atomic E-state index is 13.1. The topological polar surface area (TPSA) is 110 Å². The number of carbonyl (C=O) groups excluding carboxylic acids is 1. The van der Waals surface area contributed by atoms with Gasteiger partial charge in [0.25, 0.3) is 5.91 Å². The summed E-state index contributed by atoms with van der Waals surface area (Å²) in [6.45, 7) is 7.10. The van der Waals surface area contributed by atoms with Crippen molar-refractivity contribution in [2.45, 2.75) is 39.7 Å². The van der Waals surface area contributed by atoms with Crippen molar-refractivity contribution < 1.29 is 19.4 Å². The molecule has 2 aromatic heterocycles. The van der Waals surface area contributed by atoms with Gasteiger partial charge in [-0.25, -0.2) is 9.97 Å². The number of fused-ring (bicyclic) bond motifs is 1. The summed E-state index contributed by atoms with van der Waals surface area (Å²) in [6, 6.07) is 15.2. The Labute approximate surface area is 227 Å². The highest BCUT2D eigenvalue weighted by molar-refractivity contribution is 5.96. The van der Waals surface area contributed by atoms with Crippen LogP contribution in [0, 0.1) is 19.8 Å². The van der Waals surface area contributed by atoms with Gasteiger partial charge in [0.2, 0.25) is 0 Å². The van der Waals surface area contributed by atoms with Crippen molar-refractivity contribution in [1.82, 2.24) is 19.9 Å². The fourth-order valence-corrected chi connectivity index (χ4v) is 4.73. The zero-order valence-corrected chi connectivity index (χ0v) is 22.4. The van der Waals surface area contributed by atoms with Crippen LogP contribution in [0.15, 0.2) is 61.1 Å². The zero-order chi connectivity index (χ0) is 27.4.